The third-order valence-corrected chi connectivity index (χ3v) is 3.51. The number of pyridine rings is 1. The van der Waals surface area contributed by atoms with Crippen LogP contribution in [0.1, 0.15) is 27.2 Å². The number of aromatic nitrogens is 1. The zero-order chi connectivity index (χ0) is 15.2. The molecule has 0 amide bonds. The van der Waals surface area contributed by atoms with E-state index in [2.05, 4.69) is 16.9 Å². The summed E-state index contributed by atoms with van der Waals surface area (Å²) in [5.74, 6) is -0.881. The van der Waals surface area contributed by atoms with E-state index < -0.39 is 5.97 Å². The molecule has 1 N–H and O–H groups in total. The number of benzene rings is 1. The molecule has 0 unspecified atom stereocenters. The van der Waals surface area contributed by atoms with Crippen LogP contribution in [0, 0.1) is 6.92 Å². The standard InChI is InChI=1S/C17H20N2O2/c1-13-11-14(17(20)21)6-7-15(13)12-19(2)10-8-16-5-3-4-9-18-16/h3-7,9,11H,8,10,12H2,1-2H3,(H,20,21). The summed E-state index contributed by atoms with van der Waals surface area (Å²) in [6, 6.07) is 11.2. The lowest BCUT2D eigenvalue weighted by atomic mass is 10.0. The highest BCUT2D eigenvalue weighted by atomic mass is 16.4. The number of hydrogen-bond acceptors (Lipinski definition) is 3. The molecule has 0 saturated heterocycles. The molecule has 110 valence electrons. The maximum atomic E-state index is 10.9. The Hall–Kier alpha value is -2.20. The van der Waals surface area contributed by atoms with Crippen molar-refractivity contribution < 1.29 is 9.90 Å². The normalized spacial score (nSPS) is 10.8. The van der Waals surface area contributed by atoms with Gasteiger partial charge in [-0.1, -0.05) is 12.1 Å². The molecule has 0 atom stereocenters. The second-order valence-corrected chi connectivity index (χ2v) is 5.26. The number of aromatic carboxylic acids is 1. The minimum absolute atomic E-state index is 0.340. The molecule has 0 fully saturated rings. The highest BCUT2D eigenvalue weighted by molar-refractivity contribution is 5.87. The predicted molar refractivity (Wildman–Crippen MR) is 82.4 cm³/mol. The van der Waals surface area contributed by atoms with Gasteiger partial charge in [0.25, 0.3) is 0 Å². The van der Waals surface area contributed by atoms with Crippen molar-refractivity contribution >= 4 is 5.97 Å². The molecule has 0 aliphatic rings. The van der Waals surface area contributed by atoms with Crippen LogP contribution in [0.15, 0.2) is 42.6 Å². The zero-order valence-corrected chi connectivity index (χ0v) is 12.4. The summed E-state index contributed by atoms with van der Waals surface area (Å²) in [5, 5.41) is 8.97. The number of likely N-dealkylation sites (N-methyl/N-ethyl adjacent to an activating group) is 1. The highest BCUT2D eigenvalue weighted by Gasteiger charge is 2.08. The third kappa shape index (κ3) is 4.39. The Morgan fingerprint density at radius 2 is 2.10 bits per heavy atom. The molecule has 21 heavy (non-hydrogen) atoms. The number of carboxylic acids is 1. The van der Waals surface area contributed by atoms with Gasteiger partial charge in [0.1, 0.15) is 0 Å². The van der Waals surface area contributed by atoms with Gasteiger partial charge < -0.3 is 10.0 Å². The van der Waals surface area contributed by atoms with Crippen LogP contribution in [0.4, 0.5) is 0 Å². The van der Waals surface area contributed by atoms with E-state index in [1.165, 1.54) is 0 Å². The van der Waals surface area contributed by atoms with Gasteiger partial charge in [0, 0.05) is 31.4 Å². The van der Waals surface area contributed by atoms with Gasteiger partial charge in [-0.15, -0.1) is 0 Å². The zero-order valence-electron chi connectivity index (χ0n) is 12.4. The first-order valence-corrected chi connectivity index (χ1v) is 6.97. The van der Waals surface area contributed by atoms with Crippen LogP contribution >= 0.6 is 0 Å². The Kier molecular flexibility index (Phi) is 5.06. The minimum Gasteiger partial charge on any atom is -0.478 e. The average molecular weight is 284 g/mol. The number of carboxylic acid groups (broad SMARTS) is 1. The van der Waals surface area contributed by atoms with Gasteiger partial charge in [0.05, 0.1) is 5.56 Å². The van der Waals surface area contributed by atoms with Crippen LogP contribution in [0.3, 0.4) is 0 Å². The Labute approximate surface area is 125 Å². The number of rotatable bonds is 6. The van der Waals surface area contributed by atoms with E-state index in [4.69, 9.17) is 5.11 Å². The summed E-state index contributed by atoms with van der Waals surface area (Å²) < 4.78 is 0. The van der Waals surface area contributed by atoms with Gasteiger partial charge in [-0.2, -0.15) is 0 Å². The van der Waals surface area contributed by atoms with Gasteiger partial charge in [-0.05, 0) is 49.4 Å². The Morgan fingerprint density at radius 1 is 1.29 bits per heavy atom. The van der Waals surface area contributed by atoms with Gasteiger partial charge in [0.15, 0.2) is 0 Å². The van der Waals surface area contributed by atoms with E-state index in [1.54, 1.807) is 12.1 Å². The first kappa shape index (κ1) is 15.2. The van der Waals surface area contributed by atoms with Crippen LogP contribution in [-0.4, -0.2) is 34.6 Å². The van der Waals surface area contributed by atoms with Crippen LogP contribution < -0.4 is 0 Å². The lowest BCUT2D eigenvalue weighted by Gasteiger charge is -2.18. The van der Waals surface area contributed by atoms with Crippen molar-refractivity contribution in [3.05, 3.63) is 65.0 Å². The van der Waals surface area contributed by atoms with Crippen LogP contribution in [0.5, 0.6) is 0 Å². The highest BCUT2D eigenvalue weighted by Crippen LogP contribution is 2.13. The van der Waals surface area contributed by atoms with E-state index >= 15 is 0 Å². The first-order chi connectivity index (χ1) is 10.1. The second kappa shape index (κ2) is 6.99. The molecule has 4 nitrogen and oxygen atoms in total. The molecule has 0 saturated carbocycles. The van der Waals surface area contributed by atoms with Gasteiger partial charge in [-0.3, -0.25) is 4.98 Å². The molecule has 2 rings (SSSR count). The maximum absolute atomic E-state index is 10.9. The second-order valence-electron chi connectivity index (χ2n) is 5.26. The van der Waals surface area contributed by atoms with Crippen molar-refractivity contribution in [1.82, 2.24) is 9.88 Å². The van der Waals surface area contributed by atoms with E-state index in [1.807, 2.05) is 37.4 Å². The van der Waals surface area contributed by atoms with Crippen molar-refractivity contribution in [2.24, 2.45) is 0 Å². The van der Waals surface area contributed by atoms with Gasteiger partial charge in [-0.25, -0.2) is 4.79 Å². The fourth-order valence-electron chi connectivity index (χ4n) is 2.23. The molecular formula is C17H20N2O2. The van der Waals surface area contributed by atoms with Crippen LogP contribution in [0.2, 0.25) is 0 Å². The number of aryl methyl sites for hydroxylation is 1. The Morgan fingerprint density at radius 3 is 2.71 bits per heavy atom. The van der Waals surface area contributed by atoms with E-state index in [0.717, 1.165) is 36.3 Å². The number of carbonyl (C=O) groups is 1. The SMILES string of the molecule is Cc1cc(C(=O)O)ccc1CN(C)CCc1ccccn1. The average Bonchev–Trinajstić information content (AvgIpc) is 2.48. The summed E-state index contributed by atoms with van der Waals surface area (Å²) in [4.78, 5) is 17.5. The smallest absolute Gasteiger partial charge is 0.335 e. The summed E-state index contributed by atoms with van der Waals surface area (Å²) in [7, 11) is 2.06. The molecule has 2 aromatic rings. The summed E-state index contributed by atoms with van der Waals surface area (Å²) in [6.07, 6.45) is 2.72. The maximum Gasteiger partial charge on any atom is 0.335 e. The van der Waals surface area contributed by atoms with E-state index in [-0.39, 0.29) is 0 Å². The quantitative estimate of drug-likeness (QED) is 0.886. The van der Waals surface area contributed by atoms with Crippen LogP contribution in [0.25, 0.3) is 0 Å². The molecule has 1 aromatic carbocycles. The van der Waals surface area contributed by atoms with Crippen molar-refractivity contribution in [3.63, 3.8) is 0 Å². The Balaban J connectivity index is 1.93. The van der Waals surface area contributed by atoms with E-state index in [9.17, 15) is 4.79 Å². The van der Waals surface area contributed by atoms with Crippen molar-refractivity contribution in [3.8, 4) is 0 Å². The monoisotopic (exact) mass is 284 g/mol. The molecule has 1 aromatic heterocycles. The lowest BCUT2D eigenvalue weighted by molar-refractivity contribution is 0.0696. The minimum atomic E-state index is -0.881. The van der Waals surface area contributed by atoms with Crippen molar-refractivity contribution in [2.75, 3.05) is 13.6 Å². The molecule has 0 aliphatic heterocycles. The molecule has 0 spiro atoms. The fourth-order valence-corrected chi connectivity index (χ4v) is 2.23. The lowest BCUT2D eigenvalue weighted by Crippen LogP contribution is -2.21. The largest absolute Gasteiger partial charge is 0.478 e. The predicted octanol–water partition coefficient (Wildman–Crippen LogP) is 2.76. The fraction of sp³-hybridized carbons (Fsp3) is 0.294. The molecular weight excluding hydrogens is 264 g/mol. The molecule has 0 radical (unpaired) electrons. The summed E-state index contributed by atoms with van der Waals surface area (Å²) in [6.45, 7) is 3.67. The number of nitrogens with zero attached hydrogens (tertiary/aromatic N) is 2. The van der Waals surface area contributed by atoms with Gasteiger partial charge >= 0.3 is 5.97 Å². The van der Waals surface area contributed by atoms with Crippen molar-refractivity contribution in [2.45, 2.75) is 19.9 Å². The molecule has 4 heteroatoms. The molecule has 0 bridgehead atoms. The van der Waals surface area contributed by atoms with E-state index in [0.29, 0.717) is 5.56 Å². The third-order valence-electron chi connectivity index (χ3n) is 3.51. The Bertz CT molecular complexity index is 611. The van der Waals surface area contributed by atoms with Gasteiger partial charge in [0.2, 0.25) is 0 Å². The number of hydrogen-bond donors (Lipinski definition) is 1. The summed E-state index contributed by atoms with van der Waals surface area (Å²) >= 11 is 0. The van der Waals surface area contributed by atoms with Crippen molar-refractivity contribution in [1.29, 1.82) is 0 Å². The molecule has 1 heterocycles. The van der Waals surface area contributed by atoms with Crippen LogP contribution in [-0.2, 0) is 13.0 Å². The molecule has 0 aliphatic carbocycles. The topological polar surface area (TPSA) is 53.4 Å². The summed E-state index contributed by atoms with van der Waals surface area (Å²) in [5.41, 5.74) is 3.60. The first-order valence-electron chi connectivity index (χ1n) is 6.97.